The van der Waals surface area contributed by atoms with Crippen molar-refractivity contribution in [1.82, 2.24) is 10.2 Å². The summed E-state index contributed by atoms with van der Waals surface area (Å²) in [6, 6.07) is 15.1. The van der Waals surface area contributed by atoms with E-state index in [1.165, 1.54) is 0 Å². The van der Waals surface area contributed by atoms with Crippen molar-refractivity contribution in [2.24, 2.45) is 0 Å². The minimum atomic E-state index is -0.547. The van der Waals surface area contributed by atoms with E-state index in [0.717, 1.165) is 23.1 Å². The zero-order valence-electron chi connectivity index (χ0n) is 18.8. The van der Waals surface area contributed by atoms with Gasteiger partial charge in [-0.15, -0.1) is 0 Å². The number of hydrogen-bond donors (Lipinski definition) is 1. The number of hydrogen-bond acceptors (Lipinski definition) is 3. The minimum absolute atomic E-state index is 0.0615. The second-order valence-electron chi connectivity index (χ2n) is 7.85. The number of carbonyl (C=O) groups excluding carboxylic acids is 2. The molecule has 5 nitrogen and oxygen atoms in total. The van der Waals surface area contributed by atoms with Crippen LogP contribution in [0.5, 0.6) is 5.75 Å². The second-order valence-corrected chi connectivity index (χ2v) is 7.85. The quantitative estimate of drug-likeness (QED) is 0.631. The molecule has 1 N–H and O–H groups in total. The summed E-state index contributed by atoms with van der Waals surface area (Å²) < 4.78 is 5.74. The van der Waals surface area contributed by atoms with Crippen molar-refractivity contribution in [3.8, 4) is 5.75 Å². The lowest BCUT2D eigenvalue weighted by atomic mass is 10.1. The number of amides is 2. The Morgan fingerprint density at radius 2 is 1.70 bits per heavy atom. The third kappa shape index (κ3) is 6.90. The predicted molar refractivity (Wildman–Crippen MR) is 120 cm³/mol. The Bertz CT molecular complexity index is 833. The molecule has 0 radical (unpaired) electrons. The van der Waals surface area contributed by atoms with E-state index in [1.807, 2.05) is 83.1 Å². The molecule has 0 aliphatic carbocycles. The molecule has 0 fully saturated rings. The van der Waals surface area contributed by atoms with Crippen LogP contribution in [0.1, 0.15) is 50.3 Å². The number of aryl methyl sites for hydroxylation is 2. The van der Waals surface area contributed by atoms with Crippen LogP contribution in [0.2, 0.25) is 0 Å². The topological polar surface area (TPSA) is 58.6 Å². The van der Waals surface area contributed by atoms with Crippen molar-refractivity contribution in [1.29, 1.82) is 0 Å². The molecule has 2 rings (SSSR count). The fourth-order valence-electron chi connectivity index (χ4n) is 3.18. The van der Waals surface area contributed by atoms with Gasteiger partial charge in [0.2, 0.25) is 5.91 Å². The van der Waals surface area contributed by atoms with Crippen LogP contribution in [-0.2, 0) is 16.1 Å². The summed E-state index contributed by atoms with van der Waals surface area (Å²) in [5, 5.41) is 3.02. The van der Waals surface area contributed by atoms with Gasteiger partial charge in [0.25, 0.3) is 5.91 Å². The SMILES string of the molecule is CC[C@@H](C)NC(=O)[C@H](CC)N(Cc1ccc(C)cc1)C(=O)COc1cccc(C)c1. The highest BCUT2D eigenvalue weighted by Gasteiger charge is 2.29. The van der Waals surface area contributed by atoms with Gasteiger partial charge in [-0.25, -0.2) is 0 Å². The number of ether oxygens (including phenoxy) is 1. The van der Waals surface area contributed by atoms with Crippen LogP contribution in [0.3, 0.4) is 0 Å². The normalized spacial score (nSPS) is 12.7. The fourth-order valence-corrected chi connectivity index (χ4v) is 3.18. The van der Waals surface area contributed by atoms with E-state index in [9.17, 15) is 9.59 Å². The van der Waals surface area contributed by atoms with Gasteiger partial charge in [-0.05, 0) is 56.9 Å². The maximum atomic E-state index is 13.2. The zero-order chi connectivity index (χ0) is 22.1. The first-order valence-electron chi connectivity index (χ1n) is 10.7. The molecule has 0 aromatic heterocycles. The lowest BCUT2D eigenvalue weighted by Crippen LogP contribution is -2.51. The monoisotopic (exact) mass is 410 g/mol. The van der Waals surface area contributed by atoms with Gasteiger partial charge in [0.15, 0.2) is 6.61 Å². The smallest absolute Gasteiger partial charge is 0.261 e. The zero-order valence-corrected chi connectivity index (χ0v) is 18.8. The summed E-state index contributed by atoms with van der Waals surface area (Å²) in [6.07, 6.45) is 1.37. The Balaban J connectivity index is 2.20. The fraction of sp³-hybridized carbons (Fsp3) is 0.440. The Morgan fingerprint density at radius 3 is 2.30 bits per heavy atom. The average molecular weight is 411 g/mol. The third-order valence-electron chi connectivity index (χ3n) is 5.21. The highest BCUT2D eigenvalue weighted by atomic mass is 16.5. The van der Waals surface area contributed by atoms with Crippen LogP contribution in [-0.4, -0.2) is 35.4 Å². The van der Waals surface area contributed by atoms with Crippen molar-refractivity contribution in [2.45, 2.75) is 66.1 Å². The van der Waals surface area contributed by atoms with Crippen LogP contribution in [0.4, 0.5) is 0 Å². The first-order valence-corrected chi connectivity index (χ1v) is 10.7. The van der Waals surface area contributed by atoms with Crippen LogP contribution >= 0.6 is 0 Å². The summed E-state index contributed by atoms with van der Waals surface area (Å²) in [6.45, 7) is 10.2. The second kappa shape index (κ2) is 11.4. The molecule has 2 atom stereocenters. The number of rotatable bonds is 10. The molecular formula is C25H34N2O3. The lowest BCUT2D eigenvalue weighted by Gasteiger charge is -2.31. The van der Waals surface area contributed by atoms with Gasteiger partial charge in [-0.2, -0.15) is 0 Å². The Labute approximate surface area is 180 Å². The Kier molecular flexibility index (Phi) is 8.90. The van der Waals surface area contributed by atoms with Gasteiger partial charge in [-0.1, -0.05) is 55.8 Å². The van der Waals surface area contributed by atoms with Crippen molar-refractivity contribution in [2.75, 3.05) is 6.61 Å². The summed E-state index contributed by atoms with van der Waals surface area (Å²) in [7, 11) is 0. The minimum Gasteiger partial charge on any atom is -0.484 e. The van der Waals surface area contributed by atoms with E-state index in [4.69, 9.17) is 4.74 Å². The van der Waals surface area contributed by atoms with Gasteiger partial charge in [-0.3, -0.25) is 9.59 Å². The predicted octanol–water partition coefficient (Wildman–Crippen LogP) is 4.40. The van der Waals surface area contributed by atoms with Gasteiger partial charge in [0.05, 0.1) is 0 Å². The average Bonchev–Trinajstić information content (AvgIpc) is 2.73. The van der Waals surface area contributed by atoms with Crippen molar-refractivity contribution in [3.63, 3.8) is 0 Å². The molecule has 0 aliphatic heterocycles. The van der Waals surface area contributed by atoms with Crippen molar-refractivity contribution in [3.05, 3.63) is 65.2 Å². The molecule has 0 saturated heterocycles. The van der Waals surface area contributed by atoms with E-state index < -0.39 is 6.04 Å². The molecule has 0 aliphatic rings. The molecule has 0 spiro atoms. The van der Waals surface area contributed by atoms with Crippen LogP contribution in [0.25, 0.3) is 0 Å². The first-order chi connectivity index (χ1) is 14.3. The maximum absolute atomic E-state index is 13.2. The standard InChI is InChI=1S/C25H34N2O3/c1-6-20(5)26-25(29)23(7-2)27(16-21-13-11-18(3)12-14-21)24(28)17-30-22-10-8-9-19(4)15-22/h8-15,20,23H,6-7,16-17H2,1-5H3,(H,26,29)/t20-,23+/m1/s1. The van der Waals surface area contributed by atoms with Gasteiger partial charge >= 0.3 is 0 Å². The number of nitrogens with zero attached hydrogens (tertiary/aromatic N) is 1. The molecule has 2 aromatic rings. The molecule has 162 valence electrons. The molecule has 5 heteroatoms. The largest absolute Gasteiger partial charge is 0.484 e. The van der Waals surface area contributed by atoms with E-state index in [1.54, 1.807) is 4.90 Å². The van der Waals surface area contributed by atoms with E-state index in [2.05, 4.69) is 5.32 Å². The van der Waals surface area contributed by atoms with Crippen molar-refractivity contribution < 1.29 is 14.3 Å². The van der Waals surface area contributed by atoms with Crippen LogP contribution in [0, 0.1) is 13.8 Å². The van der Waals surface area contributed by atoms with E-state index in [0.29, 0.717) is 18.7 Å². The molecule has 0 heterocycles. The molecule has 30 heavy (non-hydrogen) atoms. The van der Waals surface area contributed by atoms with Crippen LogP contribution < -0.4 is 10.1 Å². The molecular weight excluding hydrogens is 376 g/mol. The molecule has 2 amide bonds. The summed E-state index contributed by atoms with van der Waals surface area (Å²) in [5.74, 6) is 0.321. The van der Waals surface area contributed by atoms with E-state index in [-0.39, 0.29) is 24.5 Å². The number of nitrogens with one attached hydrogen (secondary N) is 1. The molecule has 0 unspecified atom stereocenters. The Morgan fingerprint density at radius 1 is 1.00 bits per heavy atom. The molecule has 0 saturated carbocycles. The summed E-state index contributed by atoms with van der Waals surface area (Å²) in [5.41, 5.74) is 3.20. The van der Waals surface area contributed by atoms with Crippen LogP contribution in [0.15, 0.2) is 48.5 Å². The van der Waals surface area contributed by atoms with E-state index >= 15 is 0 Å². The van der Waals surface area contributed by atoms with Gasteiger partial charge in [0.1, 0.15) is 11.8 Å². The molecule has 0 bridgehead atoms. The number of carbonyl (C=O) groups is 2. The highest BCUT2D eigenvalue weighted by Crippen LogP contribution is 2.16. The first kappa shape index (κ1) is 23.5. The number of benzene rings is 2. The molecule has 2 aromatic carbocycles. The summed E-state index contributed by atoms with van der Waals surface area (Å²) >= 11 is 0. The maximum Gasteiger partial charge on any atom is 0.261 e. The van der Waals surface area contributed by atoms with Gasteiger partial charge < -0.3 is 15.0 Å². The summed E-state index contributed by atoms with van der Waals surface area (Å²) in [4.78, 5) is 27.7. The lowest BCUT2D eigenvalue weighted by molar-refractivity contribution is -0.143. The van der Waals surface area contributed by atoms with Crippen molar-refractivity contribution >= 4 is 11.8 Å². The highest BCUT2D eigenvalue weighted by molar-refractivity contribution is 5.88. The Hall–Kier alpha value is -2.82. The van der Waals surface area contributed by atoms with Gasteiger partial charge in [0, 0.05) is 12.6 Å². The third-order valence-corrected chi connectivity index (χ3v) is 5.21.